The van der Waals surface area contributed by atoms with Gasteiger partial charge in [0.05, 0.1) is 0 Å². The first-order valence-corrected chi connectivity index (χ1v) is 7.76. The highest BCUT2D eigenvalue weighted by Crippen LogP contribution is 2.40. The third kappa shape index (κ3) is 3.03. The Hall–Kier alpha value is -0.0800. The molecule has 2 saturated carbocycles. The first kappa shape index (κ1) is 12.0. The van der Waals surface area contributed by atoms with Gasteiger partial charge in [-0.3, -0.25) is 4.90 Å². The number of nitrogens with one attached hydrogen (secondary N) is 1. The van der Waals surface area contributed by atoms with Crippen LogP contribution in [0.2, 0.25) is 0 Å². The van der Waals surface area contributed by atoms with Crippen LogP contribution in [-0.2, 0) is 0 Å². The summed E-state index contributed by atoms with van der Waals surface area (Å²) in [5.41, 5.74) is 0.642. The van der Waals surface area contributed by atoms with Crippen molar-refractivity contribution in [3.8, 4) is 0 Å². The molecule has 0 unspecified atom stereocenters. The molecule has 0 bridgehead atoms. The zero-order valence-corrected chi connectivity index (χ0v) is 11.4. The number of hydrogen-bond donors (Lipinski definition) is 1. The molecule has 2 nitrogen and oxygen atoms in total. The molecule has 2 aliphatic carbocycles. The summed E-state index contributed by atoms with van der Waals surface area (Å²) in [5.74, 6) is 1.06. The molecule has 3 aliphatic rings. The van der Waals surface area contributed by atoms with Gasteiger partial charge in [-0.1, -0.05) is 6.92 Å². The van der Waals surface area contributed by atoms with E-state index < -0.39 is 0 Å². The highest BCUT2D eigenvalue weighted by atomic mass is 15.2. The molecule has 3 rings (SSSR count). The van der Waals surface area contributed by atoms with Crippen molar-refractivity contribution in [1.82, 2.24) is 10.2 Å². The molecule has 2 heteroatoms. The van der Waals surface area contributed by atoms with E-state index >= 15 is 0 Å². The molecular weight excluding hydrogens is 208 g/mol. The molecule has 0 radical (unpaired) electrons. The van der Waals surface area contributed by atoms with E-state index in [4.69, 9.17) is 0 Å². The molecule has 0 atom stereocenters. The minimum Gasteiger partial charge on any atom is -0.317 e. The standard InChI is InChI=1S/C15H28N2/c1-2-15(7-9-16-10-8-15)12-17(14-5-6-14)11-13-3-4-13/h13-14,16H,2-12H2,1H3. The number of nitrogens with zero attached hydrogens (tertiary/aromatic N) is 1. The number of piperidine rings is 1. The summed E-state index contributed by atoms with van der Waals surface area (Å²) >= 11 is 0. The molecule has 1 heterocycles. The van der Waals surface area contributed by atoms with Crippen LogP contribution >= 0.6 is 0 Å². The van der Waals surface area contributed by atoms with Crippen LogP contribution in [0, 0.1) is 11.3 Å². The van der Waals surface area contributed by atoms with Crippen molar-refractivity contribution in [3.05, 3.63) is 0 Å². The lowest BCUT2D eigenvalue weighted by Gasteiger charge is -2.41. The molecule has 0 aromatic rings. The first-order chi connectivity index (χ1) is 8.31. The van der Waals surface area contributed by atoms with Gasteiger partial charge >= 0.3 is 0 Å². The van der Waals surface area contributed by atoms with E-state index in [0.29, 0.717) is 5.41 Å². The lowest BCUT2D eigenvalue weighted by atomic mass is 9.76. The van der Waals surface area contributed by atoms with Crippen LogP contribution in [0.5, 0.6) is 0 Å². The Labute approximate surface area is 106 Å². The van der Waals surface area contributed by atoms with Crippen LogP contribution in [0.4, 0.5) is 0 Å². The summed E-state index contributed by atoms with van der Waals surface area (Å²) in [6.45, 7) is 7.71. The summed E-state index contributed by atoms with van der Waals surface area (Å²) in [6.07, 6.45) is 10.1. The summed E-state index contributed by atoms with van der Waals surface area (Å²) in [5, 5.41) is 3.53. The van der Waals surface area contributed by atoms with Crippen LogP contribution in [0.25, 0.3) is 0 Å². The average molecular weight is 236 g/mol. The lowest BCUT2D eigenvalue weighted by Crippen LogP contribution is -2.45. The maximum absolute atomic E-state index is 3.53. The van der Waals surface area contributed by atoms with Crippen LogP contribution in [0.15, 0.2) is 0 Å². The molecule has 0 aromatic heterocycles. The van der Waals surface area contributed by atoms with Crippen molar-refractivity contribution in [3.63, 3.8) is 0 Å². The van der Waals surface area contributed by atoms with Crippen molar-refractivity contribution in [2.24, 2.45) is 11.3 Å². The van der Waals surface area contributed by atoms with Crippen molar-refractivity contribution in [1.29, 1.82) is 0 Å². The predicted molar refractivity (Wildman–Crippen MR) is 72.1 cm³/mol. The van der Waals surface area contributed by atoms with E-state index in [1.165, 1.54) is 71.1 Å². The monoisotopic (exact) mass is 236 g/mol. The fourth-order valence-corrected chi connectivity index (χ4v) is 3.43. The Morgan fingerprint density at radius 2 is 1.82 bits per heavy atom. The van der Waals surface area contributed by atoms with Crippen molar-refractivity contribution in [2.45, 2.75) is 57.9 Å². The van der Waals surface area contributed by atoms with Gasteiger partial charge in [-0.2, -0.15) is 0 Å². The summed E-state index contributed by atoms with van der Waals surface area (Å²) in [7, 11) is 0. The maximum atomic E-state index is 3.53. The Morgan fingerprint density at radius 1 is 1.12 bits per heavy atom. The Kier molecular flexibility index (Phi) is 3.45. The van der Waals surface area contributed by atoms with Gasteiger partial charge in [0.2, 0.25) is 0 Å². The minimum absolute atomic E-state index is 0.642. The zero-order chi connectivity index (χ0) is 11.7. The second-order valence-corrected chi connectivity index (χ2v) is 6.71. The van der Waals surface area contributed by atoms with E-state index in [1.807, 2.05) is 0 Å². The van der Waals surface area contributed by atoms with Gasteiger partial charge < -0.3 is 5.32 Å². The Morgan fingerprint density at radius 3 is 2.35 bits per heavy atom. The van der Waals surface area contributed by atoms with Crippen LogP contribution in [0.3, 0.4) is 0 Å². The van der Waals surface area contributed by atoms with Gasteiger partial charge in [-0.05, 0) is 69.4 Å². The predicted octanol–water partition coefficient (Wildman–Crippen LogP) is 2.64. The second-order valence-electron chi connectivity index (χ2n) is 6.71. The molecule has 0 amide bonds. The average Bonchev–Trinajstić information content (AvgIpc) is 3.22. The summed E-state index contributed by atoms with van der Waals surface area (Å²) < 4.78 is 0. The van der Waals surface area contributed by atoms with Gasteiger partial charge in [0, 0.05) is 19.1 Å². The van der Waals surface area contributed by atoms with E-state index in [-0.39, 0.29) is 0 Å². The van der Waals surface area contributed by atoms with Crippen molar-refractivity contribution < 1.29 is 0 Å². The van der Waals surface area contributed by atoms with E-state index in [9.17, 15) is 0 Å². The Balaban J connectivity index is 1.60. The van der Waals surface area contributed by atoms with Gasteiger partial charge in [0.1, 0.15) is 0 Å². The number of hydrogen-bond acceptors (Lipinski definition) is 2. The molecule has 1 saturated heterocycles. The van der Waals surface area contributed by atoms with Crippen molar-refractivity contribution >= 4 is 0 Å². The molecule has 98 valence electrons. The minimum atomic E-state index is 0.642. The lowest BCUT2D eigenvalue weighted by molar-refractivity contribution is 0.0979. The van der Waals surface area contributed by atoms with Crippen LogP contribution in [-0.4, -0.2) is 37.1 Å². The molecule has 0 spiro atoms. The first-order valence-electron chi connectivity index (χ1n) is 7.76. The Bertz CT molecular complexity index is 250. The van der Waals surface area contributed by atoms with Gasteiger partial charge in [0.25, 0.3) is 0 Å². The molecule has 0 aromatic carbocycles. The third-order valence-electron chi connectivity index (χ3n) is 5.21. The van der Waals surface area contributed by atoms with E-state index in [1.54, 1.807) is 0 Å². The van der Waals surface area contributed by atoms with E-state index in [0.717, 1.165) is 12.0 Å². The van der Waals surface area contributed by atoms with Crippen LogP contribution in [0.1, 0.15) is 51.9 Å². The third-order valence-corrected chi connectivity index (χ3v) is 5.21. The molecule has 3 fully saturated rings. The zero-order valence-electron chi connectivity index (χ0n) is 11.4. The van der Waals surface area contributed by atoms with Gasteiger partial charge in [0.15, 0.2) is 0 Å². The normalized spacial score (nSPS) is 28.6. The second kappa shape index (κ2) is 4.89. The SMILES string of the molecule is CCC1(CN(CC2CC2)C2CC2)CCNCC1. The largest absolute Gasteiger partial charge is 0.317 e. The molecule has 17 heavy (non-hydrogen) atoms. The van der Waals surface area contributed by atoms with Gasteiger partial charge in [-0.15, -0.1) is 0 Å². The highest BCUT2D eigenvalue weighted by molar-refractivity contribution is 4.94. The maximum Gasteiger partial charge on any atom is 0.00967 e. The van der Waals surface area contributed by atoms with Crippen molar-refractivity contribution in [2.75, 3.05) is 26.2 Å². The number of rotatable bonds is 6. The van der Waals surface area contributed by atoms with Crippen LogP contribution < -0.4 is 5.32 Å². The fraction of sp³-hybridized carbons (Fsp3) is 1.00. The quantitative estimate of drug-likeness (QED) is 0.763. The van der Waals surface area contributed by atoms with E-state index in [2.05, 4.69) is 17.1 Å². The molecular formula is C15H28N2. The topological polar surface area (TPSA) is 15.3 Å². The van der Waals surface area contributed by atoms with Gasteiger partial charge in [-0.25, -0.2) is 0 Å². The smallest absolute Gasteiger partial charge is 0.00967 e. The molecule has 1 aliphatic heterocycles. The summed E-state index contributed by atoms with van der Waals surface area (Å²) in [6, 6.07) is 0.967. The summed E-state index contributed by atoms with van der Waals surface area (Å²) in [4.78, 5) is 2.87. The molecule has 1 N–H and O–H groups in total. The highest BCUT2D eigenvalue weighted by Gasteiger charge is 2.39. The fourth-order valence-electron chi connectivity index (χ4n) is 3.43.